The van der Waals surface area contributed by atoms with Crippen LogP contribution >= 0.6 is 0 Å². The van der Waals surface area contributed by atoms with Gasteiger partial charge in [-0.05, 0) is 29.5 Å². The molecule has 3 heteroatoms. The predicted octanol–water partition coefficient (Wildman–Crippen LogP) is 1.33. The van der Waals surface area contributed by atoms with Crippen molar-refractivity contribution < 1.29 is 0 Å². The van der Waals surface area contributed by atoms with Gasteiger partial charge >= 0.3 is 0 Å². The largest absolute Gasteiger partial charge is 0.309 e. The molecule has 74 valence electrons. The number of nitriles is 1. The van der Waals surface area contributed by atoms with E-state index in [4.69, 9.17) is 5.26 Å². The molecule has 1 aromatic heterocycles. The van der Waals surface area contributed by atoms with Crippen LogP contribution in [0.4, 0.5) is 0 Å². The van der Waals surface area contributed by atoms with Gasteiger partial charge in [0.05, 0.1) is 5.56 Å². The number of allylic oxidation sites excluding steroid dienone is 1. The van der Waals surface area contributed by atoms with Gasteiger partial charge in [-0.1, -0.05) is 6.08 Å². The van der Waals surface area contributed by atoms with Crippen molar-refractivity contribution in [3.8, 4) is 6.07 Å². The normalized spacial score (nSPS) is 27.5. The smallest absolute Gasteiger partial charge is 0.101 e. The second-order valence-electron chi connectivity index (χ2n) is 4.12. The van der Waals surface area contributed by atoms with Crippen LogP contribution in [-0.2, 0) is 0 Å². The predicted molar refractivity (Wildman–Crippen MR) is 56.8 cm³/mol. The summed E-state index contributed by atoms with van der Waals surface area (Å²) >= 11 is 0. The van der Waals surface area contributed by atoms with Crippen molar-refractivity contribution in [1.82, 2.24) is 10.3 Å². The van der Waals surface area contributed by atoms with Crippen LogP contribution in [0, 0.1) is 17.2 Å². The number of hydrogen-bond donors (Lipinski definition) is 1. The van der Waals surface area contributed by atoms with E-state index in [2.05, 4.69) is 22.4 Å². The highest BCUT2D eigenvalue weighted by Gasteiger charge is 2.37. The van der Waals surface area contributed by atoms with Gasteiger partial charge in [0.1, 0.15) is 6.07 Å². The number of fused-ring (bicyclic) bond motifs is 1. The van der Waals surface area contributed by atoms with Gasteiger partial charge in [0.15, 0.2) is 0 Å². The van der Waals surface area contributed by atoms with Gasteiger partial charge in [-0.15, -0.1) is 0 Å². The molecule has 2 aliphatic rings. The van der Waals surface area contributed by atoms with Crippen LogP contribution in [0.1, 0.15) is 17.5 Å². The zero-order chi connectivity index (χ0) is 10.3. The van der Waals surface area contributed by atoms with Crippen LogP contribution in [-0.4, -0.2) is 17.6 Å². The average Bonchev–Trinajstić information content (AvgIpc) is 2.54. The highest BCUT2D eigenvalue weighted by atomic mass is 15.0. The van der Waals surface area contributed by atoms with E-state index in [-0.39, 0.29) is 0 Å². The molecule has 2 heterocycles. The van der Waals surface area contributed by atoms with Gasteiger partial charge in [-0.3, -0.25) is 4.98 Å². The van der Waals surface area contributed by atoms with Gasteiger partial charge in [-0.25, -0.2) is 0 Å². The number of rotatable bonds is 1. The van der Waals surface area contributed by atoms with Crippen LogP contribution in [0.25, 0.3) is 5.57 Å². The van der Waals surface area contributed by atoms with Gasteiger partial charge in [-0.2, -0.15) is 5.26 Å². The summed E-state index contributed by atoms with van der Waals surface area (Å²) in [7, 11) is 0. The molecular weight excluding hydrogens is 186 g/mol. The maximum Gasteiger partial charge on any atom is 0.101 e. The van der Waals surface area contributed by atoms with E-state index in [9.17, 15) is 0 Å². The molecule has 1 aromatic rings. The van der Waals surface area contributed by atoms with Crippen molar-refractivity contribution >= 4 is 5.57 Å². The first-order chi connectivity index (χ1) is 7.38. The van der Waals surface area contributed by atoms with Gasteiger partial charge < -0.3 is 5.32 Å². The first-order valence-corrected chi connectivity index (χ1v) is 5.17. The minimum atomic E-state index is 0.501. The summed E-state index contributed by atoms with van der Waals surface area (Å²) < 4.78 is 0. The summed E-state index contributed by atoms with van der Waals surface area (Å²) in [6.45, 7) is 1.12. The Kier molecular flexibility index (Phi) is 1.83. The number of nitrogens with one attached hydrogen (secondary N) is 1. The number of pyridine rings is 1. The van der Waals surface area contributed by atoms with Crippen molar-refractivity contribution in [2.45, 2.75) is 12.5 Å². The van der Waals surface area contributed by atoms with E-state index >= 15 is 0 Å². The molecule has 0 bridgehead atoms. The molecule has 0 radical (unpaired) electrons. The Hall–Kier alpha value is -1.66. The summed E-state index contributed by atoms with van der Waals surface area (Å²) in [4.78, 5) is 4.09. The van der Waals surface area contributed by atoms with E-state index in [0.717, 1.165) is 24.4 Å². The third-order valence-electron chi connectivity index (χ3n) is 3.25. The Morgan fingerprint density at radius 2 is 2.40 bits per heavy atom. The summed E-state index contributed by atoms with van der Waals surface area (Å²) in [6, 6.07) is 4.54. The number of nitrogens with zero attached hydrogens (tertiary/aromatic N) is 2. The van der Waals surface area contributed by atoms with Crippen molar-refractivity contribution in [2.24, 2.45) is 5.92 Å². The Labute approximate surface area is 88.4 Å². The summed E-state index contributed by atoms with van der Waals surface area (Å²) in [5.74, 6) is 0.769. The number of aromatic nitrogens is 1. The van der Waals surface area contributed by atoms with Crippen LogP contribution < -0.4 is 5.32 Å². The van der Waals surface area contributed by atoms with Gasteiger partial charge in [0, 0.05) is 25.0 Å². The van der Waals surface area contributed by atoms with Crippen LogP contribution in [0.2, 0.25) is 0 Å². The first-order valence-electron chi connectivity index (χ1n) is 5.17. The molecule has 0 aromatic carbocycles. The maximum absolute atomic E-state index is 8.81. The fraction of sp³-hybridized carbons (Fsp3) is 0.333. The lowest BCUT2D eigenvalue weighted by Gasteiger charge is -2.34. The Bertz CT molecular complexity index is 470. The minimum absolute atomic E-state index is 0.501. The lowest BCUT2D eigenvalue weighted by Crippen LogP contribution is -2.50. The Morgan fingerprint density at radius 3 is 3.07 bits per heavy atom. The third kappa shape index (κ3) is 1.26. The SMILES string of the molecule is N#Cc1cncc(C2=CC[C@@H]3CN[C@H]23)c1. The second-order valence-corrected chi connectivity index (χ2v) is 4.12. The Morgan fingerprint density at radius 1 is 1.47 bits per heavy atom. The molecule has 1 N–H and O–H groups in total. The van der Waals surface area contributed by atoms with E-state index in [1.54, 1.807) is 6.20 Å². The highest BCUT2D eigenvalue weighted by molar-refractivity contribution is 5.73. The number of hydrogen-bond acceptors (Lipinski definition) is 3. The Balaban J connectivity index is 1.96. The molecule has 1 fully saturated rings. The molecule has 0 spiro atoms. The fourth-order valence-electron chi connectivity index (χ4n) is 2.35. The molecule has 0 unspecified atom stereocenters. The van der Waals surface area contributed by atoms with Crippen LogP contribution in [0.3, 0.4) is 0 Å². The second kappa shape index (κ2) is 3.18. The topological polar surface area (TPSA) is 48.7 Å². The molecule has 0 amide bonds. The van der Waals surface area contributed by atoms with E-state index < -0.39 is 0 Å². The molecule has 3 nitrogen and oxygen atoms in total. The zero-order valence-corrected chi connectivity index (χ0v) is 8.27. The van der Waals surface area contributed by atoms with Crippen molar-refractivity contribution in [2.75, 3.05) is 6.54 Å². The lowest BCUT2D eigenvalue weighted by molar-refractivity contribution is 0.307. The van der Waals surface area contributed by atoms with E-state index in [0.29, 0.717) is 11.6 Å². The molecular formula is C12H11N3. The fourth-order valence-corrected chi connectivity index (χ4v) is 2.35. The van der Waals surface area contributed by atoms with E-state index in [1.807, 2.05) is 12.3 Å². The molecule has 1 aliphatic heterocycles. The van der Waals surface area contributed by atoms with Gasteiger partial charge in [0.2, 0.25) is 0 Å². The average molecular weight is 197 g/mol. The molecule has 1 aliphatic carbocycles. The molecule has 15 heavy (non-hydrogen) atoms. The maximum atomic E-state index is 8.81. The van der Waals surface area contributed by atoms with Crippen molar-refractivity contribution in [1.29, 1.82) is 5.26 Å². The summed E-state index contributed by atoms with van der Waals surface area (Å²) in [5, 5.41) is 12.2. The molecule has 2 atom stereocenters. The first kappa shape index (κ1) is 8.63. The summed E-state index contributed by atoms with van der Waals surface area (Å²) in [5.41, 5.74) is 3.04. The molecule has 1 saturated heterocycles. The monoisotopic (exact) mass is 197 g/mol. The highest BCUT2D eigenvalue weighted by Crippen LogP contribution is 2.37. The van der Waals surface area contributed by atoms with Crippen molar-refractivity contribution in [3.63, 3.8) is 0 Å². The van der Waals surface area contributed by atoms with Crippen molar-refractivity contribution in [3.05, 3.63) is 35.7 Å². The standard InChI is InChI=1S/C12H11N3/c13-4-8-3-10(6-14-5-8)11-2-1-9-7-15-12(9)11/h2-3,5-6,9,12,15H,1,7H2/t9-,12+/m1/s1. The quantitative estimate of drug-likeness (QED) is 0.738. The zero-order valence-electron chi connectivity index (χ0n) is 8.27. The minimum Gasteiger partial charge on any atom is -0.309 e. The van der Waals surface area contributed by atoms with Crippen LogP contribution in [0.5, 0.6) is 0 Å². The van der Waals surface area contributed by atoms with Crippen LogP contribution in [0.15, 0.2) is 24.5 Å². The van der Waals surface area contributed by atoms with Gasteiger partial charge in [0.25, 0.3) is 0 Å². The molecule has 0 saturated carbocycles. The third-order valence-corrected chi connectivity index (χ3v) is 3.25. The lowest BCUT2D eigenvalue weighted by atomic mass is 9.89. The van der Waals surface area contributed by atoms with E-state index in [1.165, 1.54) is 5.57 Å². The molecule has 3 rings (SSSR count). The summed E-state index contributed by atoms with van der Waals surface area (Å²) in [6.07, 6.45) is 6.87.